The van der Waals surface area contributed by atoms with Crippen molar-refractivity contribution in [2.45, 2.75) is 27.7 Å². The van der Waals surface area contributed by atoms with Gasteiger partial charge in [0, 0.05) is 18.2 Å². The zero-order chi connectivity index (χ0) is 17.2. The zero-order valence-electron chi connectivity index (χ0n) is 14.9. The molecule has 1 fully saturated rings. The summed E-state index contributed by atoms with van der Waals surface area (Å²) in [4.78, 5) is 12.4. The summed E-state index contributed by atoms with van der Waals surface area (Å²) in [5.74, 6) is 2.15. The van der Waals surface area contributed by atoms with Gasteiger partial charge in [0.2, 0.25) is 0 Å². The molecule has 1 aromatic rings. The fourth-order valence-electron chi connectivity index (χ4n) is 3.11. The molecule has 1 aromatic carbocycles. The quantitative estimate of drug-likeness (QED) is 0.814. The van der Waals surface area contributed by atoms with Crippen molar-refractivity contribution in [3.63, 3.8) is 0 Å². The molecular weight excluding hydrogens is 290 g/mol. The minimum atomic E-state index is -0.0964. The maximum absolute atomic E-state index is 12.4. The van der Waals surface area contributed by atoms with E-state index in [1.54, 1.807) is 32.4 Å². The van der Waals surface area contributed by atoms with Crippen LogP contribution in [0.5, 0.6) is 11.5 Å². The van der Waals surface area contributed by atoms with Gasteiger partial charge in [-0.05, 0) is 43.2 Å². The summed E-state index contributed by atoms with van der Waals surface area (Å²) in [5, 5.41) is 3.04. The molecule has 1 amide bonds. The van der Waals surface area contributed by atoms with Crippen LogP contribution in [-0.2, 0) is 0 Å². The van der Waals surface area contributed by atoms with Crippen molar-refractivity contribution in [1.82, 2.24) is 5.32 Å². The molecule has 0 aromatic heterocycles. The third kappa shape index (κ3) is 3.87. The summed E-state index contributed by atoms with van der Waals surface area (Å²) in [6.07, 6.45) is 2.31. The topological polar surface area (TPSA) is 47.6 Å². The molecule has 126 valence electrons. The molecule has 0 spiro atoms. The van der Waals surface area contributed by atoms with Gasteiger partial charge in [0.25, 0.3) is 5.91 Å². The van der Waals surface area contributed by atoms with Crippen molar-refractivity contribution >= 4 is 5.91 Å². The van der Waals surface area contributed by atoms with Gasteiger partial charge in [-0.25, -0.2) is 0 Å². The number of carbonyl (C=O) groups is 1. The van der Waals surface area contributed by atoms with Crippen molar-refractivity contribution in [3.05, 3.63) is 35.4 Å². The van der Waals surface area contributed by atoms with Crippen LogP contribution in [0.3, 0.4) is 0 Å². The van der Waals surface area contributed by atoms with Gasteiger partial charge in [-0.3, -0.25) is 4.79 Å². The highest BCUT2D eigenvalue weighted by Crippen LogP contribution is 2.58. The van der Waals surface area contributed by atoms with Gasteiger partial charge in [0.15, 0.2) is 0 Å². The molecule has 0 radical (unpaired) electrons. The lowest BCUT2D eigenvalue weighted by Crippen LogP contribution is -2.26. The molecule has 4 nitrogen and oxygen atoms in total. The SMILES string of the molecule is COc1cc(OC)cc(C(=O)NCC2C(C=C(C)C)C2(C)C)c1. The number of allylic oxidation sites excluding steroid dienone is 2. The van der Waals surface area contributed by atoms with E-state index in [0.717, 1.165) is 0 Å². The zero-order valence-corrected chi connectivity index (χ0v) is 14.9. The van der Waals surface area contributed by atoms with Crippen molar-refractivity contribution in [2.24, 2.45) is 17.3 Å². The molecule has 1 N–H and O–H groups in total. The molecule has 0 saturated heterocycles. The second-order valence-corrected chi connectivity index (χ2v) is 7.01. The lowest BCUT2D eigenvalue weighted by molar-refractivity contribution is 0.0949. The normalized spacial score (nSPS) is 21.3. The van der Waals surface area contributed by atoms with Gasteiger partial charge in [0.05, 0.1) is 14.2 Å². The molecule has 2 atom stereocenters. The first-order chi connectivity index (χ1) is 10.8. The van der Waals surface area contributed by atoms with Gasteiger partial charge in [0.1, 0.15) is 11.5 Å². The Balaban J connectivity index is 2.02. The monoisotopic (exact) mass is 317 g/mol. The average molecular weight is 317 g/mol. The Morgan fingerprint density at radius 2 is 1.74 bits per heavy atom. The number of hydrogen-bond donors (Lipinski definition) is 1. The molecule has 2 unspecified atom stereocenters. The van der Waals surface area contributed by atoms with Crippen molar-refractivity contribution < 1.29 is 14.3 Å². The highest BCUT2D eigenvalue weighted by molar-refractivity contribution is 5.95. The summed E-state index contributed by atoms with van der Waals surface area (Å²) in [6.45, 7) is 9.42. The Bertz CT molecular complexity index is 593. The average Bonchev–Trinajstić information content (AvgIpc) is 3.02. The summed E-state index contributed by atoms with van der Waals surface area (Å²) in [5.41, 5.74) is 2.13. The highest BCUT2D eigenvalue weighted by Gasteiger charge is 2.55. The number of hydrogen-bond acceptors (Lipinski definition) is 3. The summed E-state index contributed by atoms with van der Waals surface area (Å²) < 4.78 is 10.4. The van der Waals surface area contributed by atoms with Crippen molar-refractivity contribution in [2.75, 3.05) is 20.8 Å². The van der Waals surface area contributed by atoms with Gasteiger partial charge < -0.3 is 14.8 Å². The molecule has 23 heavy (non-hydrogen) atoms. The Morgan fingerprint density at radius 1 is 1.17 bits per heavy atom. The minimum absolute atomic E-state index is 0.0964. The Morgan fingerprint density at radius 3 is 2.22 bits per heavy atom. The van der Waals surface area contributed by atoms with E-state index in [1.165, 1.54) is 5.57 Å². The molecular formula is C19H27NO3. The molecule has 0 bridgehead atoms. The smallest absolute Gasteiger partial charge is 0.251 e. The van der Waals surface area contributed by atoms with Crippen LogP contribution >= 0.6 is 0 Å². The molecule has 0 heterocycles. The number of benzene rings is 1. The fraction of sp³-hybridized carbons (Fsp3) is 0.526. The molecule has 0 aliphatic heterocycles. The number of nitrogens with one attached hydrogen (secondary N) is 1. The Labute approximate surface area is 138 Å². The molecule has 2 rings (SSSR count). The number of ether oxygens (including phenoxy) is 2. The summed E-state index contributed by atoms with van der Waals surface area (Å²) >= 11 is 0. The second kappa shape index (κ2) is 6.65. The molecule has 1 saturated carbocycles. The van der Waals surface area contributed by atoms with Gasteiger partial charge >= 0.3 is 0 Å². The van der Waals surface area contributed by atoms with E-state index in [0.29, 0.717) is 35.4 Å². The van der Waals surface area contributed by atoms with E-state index >= 15 is 0 Å². The number of carbonyl (C=O) groups excluding carboxylic acids is 1. The maximum atomic E-state index is 12.4. The van der Waals surface area contributed by atoms with Crippen LogP contribution in [0.25, 0.3) is 0 Å². The van der Waals surface area contributed by atoms with Gasteiger partial charge in [-0.2, -0.15) is 0 Å². The number of amides is 1. The third-order valence-corrected chi connectivity index (χ3v) is 4.75. The lowest BCUT2D eigenvalue weighted by Gasteiger charge is -2.09. The van der Waals surface area contributed by atoms with Crippen LogP contribution in [0.2, 0.25) is 0 Å². The van der Waals surface area contributed by atoms with Gasteiger partial charge in [-0.1, -0.05) is 25.5 Å². The predicted molar refractivity (Wildman–Crippen MR) is 92.1 cm³/mol. The van der Waals surface area contributed by atoms with Crippen LogP contribution in [0, 0.1) is 17.3 Å². The maximum Gasteiger partial charge on any atom is 0.251 e. The minimum Gasteiger partial charge on any atom is -0.497 e. The van der Waals surface area contributed by atoms with E-state index in [2.05, 4.69) is 39.1 Å². The standard InChI is InChI=1S/C19H27NO3/c1-12(2)7-16-17(19(16,3)4)11-20-18(21)13-8-14(22-5)10-15(9-13)23-6/h7-10,16-17H,11H2,1-6H3,(H,20,21). The highest BCUT2D eigenvalue weighted by atomic mass is 16.5. The Hall–Kier alpha value is -1.97. The van der Waals surface area contributed by atoms with E-state index in [-0.39, 0.29) is 11.3 Å². The fourth-order valence-corrected chi connectivity index (χ4v) is 3.11. The number of methoxy groups -OCH3 is 2. The first-order valence-corrected chi connectivity index (χ1v) is 7.96. The molecule has 4 heteroatoms. The summed E-state index contributed by atoms with van der Waals surface area (Å²) in [6, 6.07) is 5.21. The predicted octanol–water partition coefficient (Wildman–Crippen LogP) is 3.67. The van der Waals surface area contributed by atoms with Crippen LogP contribution in [-0.4, -0.2) is 26.7 Å². The first kappa shape index (κ1) is 17.4. The lowest BCUT2D eigenvalue weighted by atomic mass is 10.1. The van der Waals surface area contributed by atoms with E-state index in [4.69, 9.17) is 9.47 Å². The molecule has 1 aliphatic rings. The van der Waals surface area contributed by atoms with E-state index in [1.807, 2.05) is 0 Å². The van der Waals surface area contributed by atoms with Crippen LogP contribution < -0.4 is 14.8 Å². The Kier molecular flexibility index (Phi) is 5.03. The molecule has 1 aliphatic carbocycles. The van der Waals surface area contributed by atoms with Crippen molar-refractivity contribution in [1.29, 1.82) is 0 Å². The van der Waals surface area contributed by atoms with Crippen LogP contribution in [0.4, 0.5) is 0 Å². The third-order valence-electron chi connectivity index (χ3n) is 4.75. The van der Waals surface area contributed by atoms with Crippen molar-refractivity contribution in [3.8, 4) is 11.5 Å². The van der Waals surface area contributed by atoms with E-state index < -0.39 is 0 Å². The largest absolute Gasteiger partial charge is 0.497 e. The van der Waals surface area contributed by atoms with Gasteiger partial charge in [-0.15, -0.1) is 0 Å². The van der Waals surface area contributed by atoms with E-state index in [9.17, 15) is 4.79 Å². The van der Waals surface area contributed by atoms with Crippen LogP contribution in [0.15, 0.2) is 29.8 Å². The number of rotatable bonds is 6. The first-order valence-electron chi connectivity index (χ1n) is 7.96. The van der Waals surface area contributed by atoms with Crippen LogP contribution in [0.1, 0.15) is 38.1 Å². The second-order valence-electron chi connectivity index (χ2n) is 7.01. The summed E-state index contributed by atoms with van der Waals surface area (Å²) in [7, 11) is 3.15.